The Morgan fingerprint density at radius 3 is 2.24 bits per heavy atom. The highest BCUT2D eigenvalue weighted by Gasteiger charge is 2.30. The summed E-state index contributed by atoms with van der Waals surface area (Å²) in [6.07, 6.45) is 5.27. The normalized spacial score (nSPS) is 13.7. The summed E-state index contributed by atoms with van der Waals surface area (Å²) < 4.78 is 22.0. The van der Waals surface area contributed by atoms with E-state index in [0.717, 1.165) is 5.56 Å². The van der Waals surface area contributed by atoms with Gasteiger partial charge in [-0.1, -0.05) is 48.6 Å². The number of hydrogen-bond donors (Lipinski definition) is 0. The van der Waals surface area contributed by atoms with Crippen molar-refractivity contribution in [1.82, 2.24) is 0 Å². The molecule has 4 rings (SSSR count). The fraction of sp³-hybridized carbons (Fsp3) is 0.111. The summed E-state index contributed by atoms with van der Waals surface area (Å²) in [5, 5.41) is 0. The number of allylic oxidation sites excluding steroid dienone is 3. The van der Waals surface area contributed by atoms with Crippen LogP contribution in [0.5, 0.6) is 23.0 Å². The van der Waals surface area contributed by atoms with Crippen LogP contribution in [0.2, 0.25) is 0 Å². The second-order valence-corrected chi connectivity index (χ2v) is 7.22. The van der Waals surface area contributed by atoms with Gasteiger partial charge < -0.3 is 18.9 Å². The number of ether oxygens (including phenoxy) is 4. The molecule has 6 heteroatoms. The predicted molar refractivity (Wildman–Crippen MR) is 124 cm³/mol. The Morgan fingerprint density at radius 1 is 0.879 bits per heavy atom. The van der Waals surface area contributed by atoms with Crippen molar-refractivity contribution < 1.29 is 28.5 Å². The van der Waals surface area contributed by atoms with Crippen LogP contribution in [-0.4, -0.2) is 26.0 Å². The largest absolute Gasteiger partial charge is 0.496 e. The van der Waals surface area contributed by atoms with Crippen LogP contribution in [0.3, 0.4) is 0 Å². The number of rotatable bonds is 6. The van der Waals surface area contributed by atoms with Gasteiger partial charge in [-0.15, -0.1) is 0 Å². The number of methoxy groups -OCH3 is 2. The zero-order chi connectivity index (χ0) is 23.4. The molecule has 0 unspecified atom stereocenters. The minimum absolute atomic E-state index is 0.172. The molecule has 0 spiro atoms. The molecular weight excluding hydrogens is 420 g/mol. The molecule has 0 saturated heterocycles. The van der Waals surface area contributed by atoms with Gasteiger partial charge in [-0.05, 0) is 42.8 Å². The first-order valence-corrected chi connectivity index (χ1v) is 10.3. The van der Waals surface area contributed by atoms with Gasteiger partial charge in [0.25, 0.3) is 0 Å². The van der Waals surface area contributed by atoms with E-state index in [1.54, 1.807) is 49.4 Å². The van der Waals surface area contributed by atoms with Crippen LogP contribution in [0.4, 0.5) is 0 Å². The molecule has 0 atom stereocenters. The van der Waals surface area contributed by atoms with E-state index in [-0.39, 0.29) is 22.9 Å². The number of benzene rings is 3. The number of carbonyl (C=O) groups excluding carboxylic acids is 2. The summed E-state index contributed by atoms with van der Waals surface area (Å²) in [5.41, 5.74) is 2.14. The van der Waals surface area contributed by atoms with Crippen LogP contribution >= 0.6 is 0 Å². The molecular formula is C27H22O6. The Hall–Kier alpha value is -4.32. The zero-order valence-electron chi connectivity index (χ0n) is 18.5. The number of ketones is 1. The molecule has 166 valence electrons. The van der Waals surface area contributed by atoms with Crippen LogP contribution in [0.1, 0.15) is 31.8 Å². The highest BCUT2D eigenvalue weighted by Crippen LogP contribution is 2.39. The molecule has 0 bridgehead atoms. The average Bonchev–Trinajstić information content (AvgIpc) is 3.17. The van der Waals surface area contributed by atoms with Crippen LogP contribution in [0.25, 0.3) is 6.08 Å². The molecule has 6 nitrogen and oxygen atoms in total. The molecule has 1 aliphatic heterocycles. The molecule has 3 aromatic rings. The van der Waals surface area contributed by atoms with Crippen LogP contribution in [0.15, 0.2) is 78.6 Å². The van der Waals surface area contributed by atoms with Gasteiger partial charge in [-0.3, -0.25) is 4.79 Å². The standard InChI is InChI=1S/C27H22O6/c1-17-20(33-27(29)24-21(30-2)12-8-13-22(24)31-3)16-15-19-25(28)23(32-26(17)19)14-7-11-18-9-5-4-6-10-18/h4-16H,1-3H3/b11-7+,23-14-. The van der Waals surface area contributed by atoms with Gasteiger partial charge in [0.05, 0.1) is 19.8 Å². The molecule has 0 saturated carbocycles. The first-order valence-electron chi connectivity index (χ1n) is 10.3. The first kappa shape index (κ1) is 21.9. The highest BCUT2D eigenvalue weighted by atomic mass is 16.5. The summed E-state index contributed by atoms with van der Waals surface area (Å²) in [4.78, 5) is 25.7. The van der Waals surface area contributed by atoms with Crippen molar-refractivity contribution in [2.45, 2.75) is 6.92 Å². The SMILES string of the molecule is COc1cccc(OC)c1C(=O)Oc1ccc2c(c1C)O/C(=C\C=C\c1ccccc1)C2=O. The number of hydrogen-bond acceptors (Lipinski definition) is 6. The van der Waals surface area contributed by atoms with Gasteiger partial charge in [0.15, 0.2) is 5.76 Å². The Labute approximate surface area is 191 Å². The number of carbonyl (C=O) groups is 2. The van der Waals surface area contributed by atoms with E-state index >= 15 is 0 Å². The molecule has 1 aliphatic rings. The van der Waals surface area contributed by atoms with Crippen molar-refractivity contribution in [3.8, 4) is 23.0 Å². The van der Waals surface area contributed by atoms with Crippen LogP contribution < -0.4 is 18.9 Å². The minimum Gasteiger partial charge on any atom is -0.496 e. The van der Waals surface area contributed by atoms with Gasteiger partial charge in [0.1, 0.15) is 28.6 Å². The maximum atomic E-state index is 12.9. The van der Waals surface area contributed by atoms with E-state index < -0.39 is 5.97 Å². The molecule has 0 N–H and O–H groups in total. The molecule has 0 fully saturated rings. The molecule has 0 amide bonds. The summed E-state index contributed by atoms with van der Waals surface area (Å²) in [7, 11) is 2.93. The van der Waals surface area contributed by atoms with E-state index in [0.29, 0.717) is 28.4 Å². The Morgan fingerprint density at radius 2 is 1.58 bits per heavy atom. The van der Waals surface area contributed by atoms with E-state index in [1.165, 1.54) is 14.2 Å². The van der Waals surface area contributed by atoms with Crippen molar-refractivity contribution in [2.24, 2.45) is 0 Å². The van der Waals surface area contributed by atoms with Crippen LogP contribution in [0, 0.1) is 6.92 Å². The lowest BCUT2D eigenvalue weighted by Gasteiger charge is -2.14. The zero-order valence-corrected chi connectivity index (χ0v) is 18.5. The van der Waals surface area contributed by atoms with Gasteiger partial charge in [0, 0.05) is 5.56 Å². The maximum Gasteiger partial charge on any atom is 0.351 e. The van der Waals surface area contributed by atoms with Crippen molar-refractivity contribution >= 4 is 17.8 Å². The second-order valence-electron chi connectivity index (χ2n) is 7.22. The minimum atomic E-state index is -0.641. The lowest BCUT2D eigenvalue weighted by atomic mass is 10.1. The molecule has 0 radical (unpaired) electrons. The fourth-order valence-corrected chi connectivity index (χ4v) is 3.51. The monoisotopic (exact) mass is 442 g/mol. The van der Waals surface area contributed by atoms with Crippen molar-refractivity contribution in [3.05, 3.63) is 101 Å². The fourth-order valence-electron chi connectivity index (χ4n) is 3.51. The quantitative estimate of drug-likeness (QED) is 0.289. The third-order valence-electron chi connectivity index (χ3n) is 5.21. The molecule has 1 heterocycles. The summed E-state index contributed by atoms with van der Waals surface area (Å²) in [5.74, 6) is 0.653. The summed E-state index contributed by atoms with van der Waals surface area (Å²) in [6.45, 7) is 1.73. The third-order valence-corrected chi connectivity index (χ3v) is 5.21. The van der Waals surface area contributed by atoms with Crippen molar-refractivity contribution in [1.29, 1.82) is 0 Å². The van der Waals surface area contributed by atoms with E-state index in [1.807, 2.05) is 36.4 Å². The topological polar surface area (TPSA) is 71.1 Å². The van der Waals surface area contributed by atoms with Crippen molar-refractivity contribution in [3.63, 3.8) is 0 Å². The molecule has 3 aromatic carbocycles. The third kappa shape index (κ3) is 4.36. The van der Waals surface area contributed by atoms with Gasteiger partial charge in [0.2, 0.25) is 5.78 Å². The first-order chi connectivity index (χ1) is 16.0. The van der Waals surface area contributed by atoms with E-state index in [9.17, 15) is 9.59 Å². The highest BCUT2D eigenvalue weighted by molar-refractivity contribution is 6.13. The van der Waals surface area contributed by atoms with E-state index in [2.05, 4.69) is 0 Å². The molecule has 0 aliphatic carbocycles. The average molecular weight is 442 g/mol. The molecule has 0 aromatic heterocycles. The van der Waals surface area contributed by atoms with Gasteiger partial charge >= 0.3 is 5.97 Å². The maximum absolute atomic E-state index is 12.9. The second kappa shape index (κ2) is 9.44. The van der Waals surface area contributed by atoms with Crippen molar-refractivity contribution in [2.75, 3.05) is 14.2 Å². The lowest BCUT2D eigenvalue weighted by Crippen LogP contribution is -2.12. The Balaban J connectivity index is 1.58. The summed E-state index contributed by atoms with van der Waals surface area (Å²) in [6, 6.07) is 17.9. The Kier molecular flexibility index (Phi) is 6.26. The lowest BCUT2D eigenvalue weighted by molar-refractivity contribution is 0.0726. The van der Waals surface area contributed by atoms with Gasteiger partial charge in [-0.2, -0.15) is 0 Å². The summed E-state index contributed by atoms with van der Waals surface area (Å²) >= 11 is 0. The van der Waals surface area contributed by atoms with E-state index in [4.69, 9.17) is 18.9 Å². The predicted octanol–water partition coefficient (Wildman–Crippen LogP) is 5.40. The number of fused-ring (bicyclic) bond motifs is 1. The van der Waals surface area contributed by atoms with Gasteiger partial charge in [-0.25, -0.2) is 4.79 Å². The Bertz CT molecular complexity index is 1250. The number of Topliss-reactive ketones (excluding diaryl/α,β-unsaturated/α-hetero) is 1. The van der Waals surface area contributed by atoms with Crippen LogP contribution in [-0.2, 0) is 0 Å². The number of esters is 1. The molecule has 33 heavy (non-hydrogen) atoms. The smallest absolute Gasteiger partial charge is 0.351 e.